The number of nitrogens with one attached hydrogen (secondary N) is 2. The molecule has 6 heteroatoms. The standard InChI is InChI=1S/C15H23N3O3/c1-4-10(2)18-13(19)8-9-17-15(20)14-11(16)6-5-7-12(14)21-3/h5-7,10H,4,8-9,16H2,1-3H3,(H,17,20)(H,18,19). The largest absolute Gasteiger partial charge is 0.496 e. The van der Waals surface area contributed by atoms with Crippen LogP contribution in [0.1, 0.15) is 37.0 Å². The second-order valence-corrected chi connectivity index (χ2v) is 4.81. The molecule has 0 aliphatic carbocycles. The monoisotopic (exact) mass is 293 g/mol. The Morgan fingerprint density at radius 3 is 2.71 bits per heavy atom. The Labute approximate surface area is 125 Å². The molecule has 0 saturated heterocycles. The Kier molecular flexibility index (Phi) is 6.52. The third kappa shape index (κ3) is 4.98. The Bertz CT molecular complexity index is 503. The number of carbonyl (C=O) groups is 2. The number of hydrogen-bond acceptors (Lipinski definition) is 4. The summed E-state index contributed by atoms with van der Waals surface area (Å²) in [6.45, 7) is 4.18. The van der Waals surface area contributed by atoms with Crippen molar-refractivity contribution in [3.8, 4) is 5.75 Å². The highest BCUT2D eigenvalue weighted by Gasteiger charge is 2.15. The van der Waals surface area contributed by atoms with E-state index in [4.69, 9.17) is 10.5 Å². The van der Waals surface area contributed by atoms with E-state index in [9.17, 15) is 9.59 Å². The summed E-state index contributed by atoms with van der Waals surface area (Å²) in [7, 11) is 1.48. The van der Waals surface area contributed by atoms with Crippen LogP contribution < -0.4 is 21.1 Å². The molecule has 1 rings (SSSR count). The van der Waals surface area contributed by atoms with Gasteiger partial charge in [-0.15, -0.1) is 0 Å². The minimum absolute atomic E-state index is 0.0855. The summed E-state index contributed by atoms with van der Waals surface area (Å²) >= 11 is 0. The molecule has 0 spiro atoms. The molecule has 0 heterocycles. The Morgan fingerprint density at radius 1 is 1.38 bits per heavy atom. The van der Waals surface area contributed by atoms with Crippen LogP contribution in [-0.2, 0) is 4.79 Å². The molecule has 0 radical (unpaired) electrons. The van der Waals surface area contributed by atoms with Gasteiger partial charge in [-0.05, 0) is 25.5 Å². The molecule has 2 amide bonds. The lowest BCUT2D eigenvalue weighted by atomic mass is 10.1. The number of carbonyl (C=O) groups excluding carboxylic acids is 2. The molecule has 0 saturated carbocycles. The maximum absolute atomic E-state index is 12.1. The summed E-state index contributed by atoms with van der Waals surface area (Å²) in [5, 5.41) is 5.51. The van der Waals surface area contributed by atoms with E-state index in [0.29, 0.717) is 17.0 Å². The zero-order valence-electron chi connectivity index (χ0n) is 12.7. The highest BCUT2D eigenvalue weighted by Crippen LogP contribution is 2.23. The lowest BCUT2D eigenvalue weighted by molar-refractivity contribution is -0.121. The summed E-state index contributed by atoms with van der Waals surface area (Å²) in [6, 6.07) is 5.15. The number of rotatable bonds is 7. The van der Waals surface area contributed by atoms with Gasteiger partial charge in [0.15, 0.2) is 0 Å². The van der Waals surface area contributed by atoms with Crippen molar-refractivity contribution in [2.24, 2.45) is 0 Å². The number of methoxy groups -OCH3 is 1. The van der Waals surface area contributed by atoms with Gasteiger partial charge in [0.2, 0.25) is 5.91 Å². The van der Waals surface area contributed by atoms with Crippen molar-refractivity contribution >= 4 is 17.5 Å². The number of nitrogens with two attached hydrogens (primary N) is 1. The van der Waals surface area contributed by atoms with Gasteiger partial charge in [0.25, 0.3) is 5.91 Å². The van der Waals surface area contributed by atoms with Crippen LogP contribution in [0.3, 0.4) is 0 Å². The SMILES string of the molecule is CCC(C)NC(=O)CCNC(=O)c1c(N)cccc1OC. The fraction of sp³-hybridized carbons (Fsp3) is 0.467. The molecule has 0 aliphatic rings. The average molecular weight is 293 g/mol. The maximum Gasteiger partial charge on any atom is 0.257 e. The topological polar surface area (TPSA) is 93.5 Å². The molecule has 21 heavy (non-hydrogen) atoms. The van der Waals surface area contributed by atoms with Crippen molar-refractivity contribution in [1.29, 1.82) is 0 Å². The van der Waals surface area contributed by atoms with Crippen LogP contribution in [0, 0.1) is 0 Å². The zero-order valence-corrected chi connectivity index (χ0v) is 12.7. The first-order valence-electron chi connectivity index (χ1n) is 6.99. The molecule has 6 nitrogen and oxygen atoms in total. The molecule has 0 aliphatic heterocycles. The molecule has 4 N–H and O–H groups in total. The summed E-state index contributed by atoms with van der Waals surface area (Å²) < 4.78 is 5.12. The summed E-state index contributed by atoms with van der Waals surface area (Å²) in [6.07, 6.45) is 1.10. The predicted molar refractivity (Wildman–Crippen MR) is 82.3 cm³/mol. The summed E-state index contributed by atoms with van der Waals surface area (Å²) in [4.78, 5) is 23.7. The number of amides is 2. The average Bonchev–Trinajstić information content (AvgIpc) is 2.46. The second-order valence-electron chi connectivity index (χ2n) is 4.81. The number of hydrogen-bond donors (Lipinski definition) is 3. The van der Waals surface area contributed by atoms with E-state index in [0.717, 1.165) is 6.42 Å². The summed E-state index contributed by atoms with van der Waals surface area (Å²) in [5.74, 6) is -0.0181. The predicted octanol–water partition coefficient (Wildman–Crippen LogP) is 1.31. The lowest BCUT2D eigenvalue weighted by Crippen LogP contribution is -2.35. The first-order chi connectivity index (χ1) is 9.99. The van der Waals surface area contributed by atoms with Crippen molar-refractivity contribution in [2.75, 3.05) is 19.4 Å². The molecular weight excluding hydrogens is 270 g/mol. The van der Waals surface area contributed by atoms with E-state index in [-0.39, 0.29) is 30.8 Å². The fourth-order valence-electron chi connectivity index (χ4n) is 1.79. The van der Waals surface area contributed by atoms with Gasteiger partial charge in [0.1, 0.15) is 11.3 Å². The van der Waals surface area contributed by atoms with E-state index in [1.54, 1.807) is 18.2 Å². The lowest BCUT2D eigenvalue weighted by Gasteiger charge is -2.13. The van der Waals surface area contributed by atoms with Crippen molar-refractivity contribution in [1.82, 2.24) is 10.6 Å². The molecular formula is C15H23N3O3. The maximum atomic E-state index is 12.1. The van der Waals surface area contributed by atoms with Crippen LogP contribution in [0.2, 0.25) is 0 Å². The van der Waals surface area contributed by atoms with E-state index >= 15 is 0 Å². The smallest absolute Gasteiger partial charge is 0.257 e. The molecule has 1 aromatic carbocycles. The Morgan fingerprint density at radius 2 is 2.10 bits per heavy atom. The first-order valence-corrected chi connectivity index (χ1v) is 6.99. The molecule has 116 valence electrons. The van der Waals surface area contributed by atoms with Crippen LogP contribution >= 0.6 is 0 Å². The molecule has 0 bridgehead atoms. The van der Waals surface area contributed by atoms with Gasteiger partial charge >= 0.3 is 0 Å². The molecule has 0 fully saturated rings. The van der Waals surface area contributed by atoms with Gasteiger partial charge in [-0.2, -0.15) is 0 Å². The third-order valence-corrected chi connectivity index (χ3v) is 3.16. The third-order valence-electron chi connectivity index (χ3n) is 3.16. The van der Waals surface area contributed by atoms with Crippen LogP contribution in [0.5, 0.6) is 5.75 Å². The molecule has 1 unspecified atom stereocenters. The minimum Gasteiger partial charge on any atom is -0.496 e. The molecule has 1 aromatic rings. The number of benzene rings is 1. The van der Waals surface area contributed by atoms with Crippen LogP contribution in [-0.4, -0.2) is 31.5 Å². The number of ether oxygens (including phenoxy) is 1. The van der Waals surface area contributed by atoms with E-state index in [1.165, 1.54) is 7.11 Å². The second kappa shape index (κ2) is 8.14. The quantitative estimate of drug-likeness (QED) is 0.661. The van der Waals surface area contributed by atoms with Crippen molar-refractivity contribution in [3.05, 3.63) is 23.8 Å². The minimum atomic E-state index is -0.346. The van der Waals surface area contributed by atoms with Gasteiger partial charge in [-0.25, -0.2) is 0 Å². The van der Waals surface area contributed by atoms with Crippen molar-refractivity contribution < 1.29 is 14.3 Å². The molecule has 1 atom stereocenters. The van der Waals surface area contributed by atoms with Crippen LogP contribution in [0.15, 0.2) is 18.2 Å². The van der Waals surface area contributed by atoms with E-state index in [2.05, 4.69) is 10.6 Å². The van der Waals surface area contributed by atoms with Gasteiger partial charge in [-0.1, -0.05) is 13.0 Å². The summed E-state index contributed by atoms with van der Waals surface area (Å²) in [5.41, 5.74) is 6.43. The number of anilines is 1. The zero-order chi connectivity index (χ0) is 15.8. The van der Waals surface area contributed by atoms with E-state index in [1.807, 2.05) is 13.8 Å². The van der Waals surface area contributed by atoms with Gasteiger partial charge in [0.05, 0.1) is 7.11 Å². The molecule has 0 aromatic heterocycles. The van der Waals surface area contributed by atoms with Gasteiger partial charge in [0, 0.05) is 24.7 Å². The highest BCUT2D eigenvalue weighted by molar-refractivity contribution is 6.02. The van der Waals surface area contributed by atoms with Crippen molar-refractivity contribution in [3.63, 3.8) is 0 Å². The van der Waals surface area contributed by atoms with Crippen molar-refractivity contribution in [2.45, 2.75) is 32.7 Å². The Hall–Kier alpha value is -2.24. The number of nitrogen functional groups attached to an aromatic ring is 1. The van der Waals surface area contributed by atoms with Crippen LogP contribution in [0.4, 0.5) is 5.69 Å². The van der Waals surface area contributed by atoms with Crippen LogP contribution in [0.25, 0.3) is 0 Å². The Balaban J connectivity index is 2.53. The highest BCUT2D eigenvalue weighted by atomic mass is 16.5. The van der Waals surface area contributed by atoms with E-state index < -0.39 is 0 Å². The normalized spacial score (nSPS) is 11.6. The van der Waals surface area contributed by atoms with Gasteiger partial charge < -0.3 is 21.1 Å². The fourth-order valence-corrected chi connectivity index (χ4v) is 1.79. The van der Waals surface area contributed by atoms with Gasteiger partial charge in [-0.3, -0.25) is 9.59 Å². The first kappa shape index (κ1) is 16.8.